The van der Waals surface area contributed by atoms with E-state index in [0.29, 0.717) is 22.8 Å². The number of hydrogen-bond acceptors (Lipinski definition) is 3. The maximum Gasteiger partial charge on any atom is 0.231 e. The van der Waals surface area contributed by atoms with Crippen LogP contribution in [-0.2, 0) is 0 Å². The molecule has 1 heterocycles. The standard InChI is InChI=1S/C16H11BrO3/c1-19-11-6-7-12-14(9-11)20-15(16(12)18)8-10-4-2-3-5-13(10)17/h2-9H,1H3/b15-8-. The maximum atomic E-state index is 12.3. The van der Waals surface area contributed by atoms with Crippen LogP contribution in [0, 0.1) is 0 Å². The normalized spacial score (nSPS) is 15.1. The minimum atomic E-state index is -0.113. The van der Waals surface area contributed by atoms with E-state index in [-0.39, 0.29) is 5.78 Å². The summed E-state index contributed by atoms with van der Waals surface area (Å²) in [5, 5.41) is 0. The van der Waals surface area contributed by atoms with E-state index in [0.717, 1.165) is 10.0 Å². The highest BCUT2D eigenvalue weighted by atomic mass is 79.9. The molecule has 0 N–H and O–H groups in total. The summed E-state index contributed by atoms with van der Waals surface area (Å²) >= 11 is 3.45. The topological polar surface area (TPSA) is 35.5 Å². The van der Waals surface area contributed by atoms with Crippen LogP contribution in [0.2, 0.25) is 0 Å². The Labute approximate surface area is 125 Å². The Morgan fingerprint density at radius 1 is 1.20 bits per heavy atom. The zero-order valence-corrected chi connectivity index (χ0v) is 12.3. The molecule has 100 valence electrons. The van der Waals surface area contributed by atoms with E-state index in [2.05, 4.69) is 15.9 Å². The second-order valence-electron chi connectivity index (χ2n) is 4.32. The van der Waals surface area contributed by atoms with Crippen molar-refractivity contribution in [3.05, 3.63) is 63.8 Å². The summed E-state index contributed by atoms with van der Waals surface area (Å²) < 4.78 is 11.7. The Balaban J connectivity index is 1.99. The van der Waals surface area contributed by atoms with E-state index in [1.54, 1.807) is 31.4 Å². The molecule has 0 amide bonds. The first-order valence-corrected chi connectivity index (χ1v) is 6.85. The highest BCUT2D eigenvalue weighted by Gasteiger charge is 2.27. The van der Waals surface area contributed by atoms with Gasteiger partial charge in [-0.25, -0.2) is 0 Å². The number of carbonyl (C=O) groups excluding carboxylic acids is 1. The lowest BCUT2D eigenvalue weighted by molar-refractivity contribution is 0.101. The molecule has 1 aliphatic rings. The number of hydrogen-bond donors (Lipinski definition) is 0. The Kier molecular flexibility index (Phi) is 3.32. The number of allylic oxidation sites excluding steroid dienone is 1. The predicted octanol–water partition coefficient (Wildman–Crippen LogP) is 4.07. The van der Waals surface area contributed by atoms with Crippen molar-refractivity contribution < 1.29 is 14.3 Å². The highest BCUT2D eigenvalue weighted by Crippen LogP contribution is 2.35. The minimum absolute atomic E-state index is 0.113. The summed E-state index contributed by atoms with van der Waals surface area (Å²) in [6.45, 7) is 0. The van der Waals surface area contributed by atoms with Crippen LogP contribution < -0.4 is 9.47 Å². The molecule has 3 nitrogen and oxygen atoms in total. The van der Waals surface area contributed by atoms with E-state index in [4.69, 9.17) is 9.47 Å². The fourth-order valence-electron chi connectivity index (χ4n) is 2.03. The summed E-state index contributed by atoms with van der Waals surface area (Å²) in [6.07, 6.45) is 1.74. The molecule has 2 aromatic rings. The number of ether oxygens (including phenoxy) is 2. The number of rotatable bonds is 2. The third-order valence-electron chi connectivity index (χ3n) is 3.07. The molecule has 2 aromatic carbocycles. The van der Waals surface area contributed by atoms with E-state index in [1.165, 1.54) is 0 Å². The van der Waals surface area contributed by atoms with Crippen LogP contribution in [0.15, 0.2) is 52.7 Å². The maximum absolute atomic E-state index is 12.3. The SMILES string of the molecule is COc1ccc2c(c1)O/C(=C\c1ccccc1Br)C2=O. The molecule has 0 radical (unpaired) electrons. The summed E-state index contributed by atoms with van der Waals surface area (Å²) in [7, 11) is 1.58. The first kappa shape index (κ1) is 12.9. The van der Waals surface area contributed by atoms with Crippen molar-refractivity contribution in [2.24, 2.45) is 0 Å². The fraction of sp³-hybridized carbons (Fsp3) is 0.0625. The van der Waals surface area contributed by atoms with Gasteiger partial charge in [0.2, 0.25) is 5.78 Å². The van der Waals surface area contributed by atoms with E-state index in [9.17, 15) is 4.79 Å². The van der Waals surface area contributed by atoms with Crippen LogP contribution in [0.1, 0.15) is 15.9 Å². The molecular formula is C16H11BrO3. The van der Waals surface area contributed by atoms with E-state index in [1.807, 2.05) is 24.3 Å². The van der Waals surface area contributed by atoms with Crippen LogP contribution in [0.25, 0.3) is 6.08 Å². The molecule has 0 saturated carbocycles. The zero-order chi connectivity index (χ0) is 14.1. The summed E-state index contributed by atoms with van der Waals surface area (Å²) in [6, 6.07) is 12.8. The van der Waals surface area contributed by atoms with Gasteiger partial charge in [-0.05, 0) is 29.8 Å². The average Bonchev–Trinajstić information content (AvgIpc) is 2.77. The molecular weight excluding hydrogens is 320 g/mol. The summed E-state index contributed by atoms with van der Waals surface area (Å²) in [5.74, 6) is 1.41. The molecule has 0 fully saturated rings. The van der Waals surface area contributed by atoms with Crippen molar-refractivity contribution in [3.63, 3.8) is 0 Å². The lowest BCUT2D eigenvalue weighted by Crippen LogP contribution is -1.98. The van der Waals surface area contributed by atoms with Crippen LogP contribution in [0.5, 0.6) is 11.5 Å². The second kappa shape index (κ2) is 5.13. The van der Waals surface area contributed by atoms with Gasteiger partial charge in [0.1, 0.15) is 11.5 Å². The molecule has 3 rings (SSSR count). The molecule has 0 atom stereocenters. The quantitative estimate of drug-likeness (QED) is 0.778. The van der Waals surface area contributed by atoms with Gasteiger partial charge in [-0.2, -0.15) is 0 Å². The molecule has 0 unspecified atom stereocenters. The van der Waals surface area contributed by atoms with Crippen molar-refractivity contribution in [1.82, 2.24) is 0 Å². The molecule has 0 aromatic heterocycles. The van der Waals surface area contributed by atoms with Gasteiger partial charge in [-0.15, -0.1) is 0 Å². The molecule has 1 aliphatic heterocycles. The van der Waals surface area contributed by atoms with Crippen LogP contribution >= 0.6 is 15.9 Å². The average molecular weight is 331 g/mol. The molecule has 0 aliphatic carbocycles. The Morgan fingerprint density at radius 3 is 2.75 bits per heavy atom. The van der Waals surface area contributed by atoms with Gasteiger partial charge in [-0.3, -0.25) is 4.79 Å². The first-order chi connectivity index (χ1) is 9.69. The Bertz CT molecular complexity index is 719. The first-order valence-electron chi connectivity index (χ1n) is 6.06. The number of fused-ring (bicyclic) bond motifs is 1. The number of Topliss-reactive ketones (excluding diaryl/α,β-unsaturated/α-hetero) is 1. The van der Waals surface area contributed by atoms with Gasteiger partial charge in [0.05, 0.1) is 12.7 Å². The van der Waals surface area contributed by atoms with Gasteiger partial charge in [0, 0.05) is 10.5 Å². The van der Waals surface area contributed by atoms with Crippen LogP contribution in [-0.4, -0.2) is 12.9 Å². The summed E-state index contributed by atoms with van der Waals surface area (Å²) in [5.41, 5.74) is 1.46. The van der Waals surface area contributed by atoms with Crippen molar-refractivity contribution >= 4 is 27.8 Å². The second-order valence-corrected chi connectivity index (χ2v) is 5.18. The van der Waals surface area contributed by atoms with E-state index < -0.39 is 0 Å². The van der Waals surface area contributed by atoms with Crippen molar-refractivity contribution in [1.29, 1.82) is 0 Å². The number of halogens is 1. The molecule has 20 heavy (non-hydrogen) atoms. The number of benzene rings is 2. The highest BCUT2D eigenvalue weighted by molar-refractivity contribution is 9.10. The zero-order valence-electron chi connectivity index (χ0n) is 10.7. The van der Waals surface area contributed by atoms with Crippen LogP contribution in [0.3, 0.4) is 0 Å². The van der Waals surface area contributed by atoms with Gasteiger partial charge in [-0.1, -0.05) is 34.1 Å². The largest absolute Gasteiger partial charge is 0.497 e. The Morgan fingerprint density at radius 2 is 2.00 bits per heavy atom. The van der Waals surface area contributed by atoms with Gasteiger partial charge < -0.3 is 9.47 Å². The lowest BCUT2D eigenvalue weighted by atomic mass is 10.1. The van der Waals surface area contributed by atoms with Crippen molar-refractivity contribution in [2.45, 2.75) is 0 Å². The van der Waals surface area contributed by atoms with Gasteiger partial charge in [0.15, 0.2) is 5.76 Å². The number of carbonyl (C=O) groups is 1. The third kappa shape index (κ3) is 2.23. The molecule has 0 saturated heterocycles. The van der Waals surface area contributed by atoms with Gasteiger partial charge >= 0.3 is 0 Å². The minimum Gasteiger partial charge on any atom is -0.497 e. The van der Waals surface area contributed by atoms with E-state index >= 15 is 0 Å². The molecule has 4 heteroatoms. The molecule has 0 spiro atoms. The number of ketones is 1. The predicted molar refractivity (Wildman–Crippen MR) is 80.1 cm³/mol. The Hall–Kier alpha value is -2.07. The van der Waals surface area contributed by atoms with Crippen LogP contribution in [0.4, 0.5) is 0 Å². The smallest absolute Gasteiger partial charge is 0.231 e. The lowest BCUT2D eigenvalue weighted by Gasteiger charge is -2.02. The van der Waals surface area contributed by atoms with Crippen molar-refractivity contribution in [3.8, 4) is 11.5 Å². The monoisotopic (exact) mass is 330 g/mol. The fourth-order valence-corrected chi connectivity index (χ4v) is 2.43. The third-order valence-corrected chi connectivity index (χ3v) is 3.79. The van der Waals surface area contributed by atoms with Crippen molar-refractivity contribution in [2.75, 3.05) is 7.11 Å². The number of methoxy groups -OCH3 is 1. The molecule has 0 bridgehead atoms. The summed E-state index contributed by atoms with van der Waals surface area (Å²) in [4.78, 5) is 12.3. The van der Waals surface area contributed by atoms with Gasteiger partial charge in [0.25, 0.3) is 0 Å².